The maximum absolute atomic E-state index is 12.8. The van der Waals surface area contributed by atoms with E-state index in [2.05, 4.69) is 27.8 Å². The Hall–Kier alpha value is -2.87. The van der Waals surface area contributed by atoms with Crippen molar-refractivity contribution in [2.45, 2.75) is 36.6 Å². The molecule has 0 aliphatic carbocycles. The van der Waals surface area contributed by atoms with Gasteiger partial charge in [0.1, 0.15) is 0 Å². The third kappa shape index (κ3) is 8.00. The van der Waals surface area contributed by atoms with E-state index in [1.165, 1.54) is 17.3 Å². The Balaban J connectivity index is 1.60. The molecule has 1 aromatic carbocycles. The number of rotatable bonds is 4. The van der Waals surface area contributed by atoms with E-state index < -0.39 is 0 Å². The summed E-state index contributed by atoms with van der Waals surface area (Å²) < 4.78 is 0. The van der Waals surface area contributed by atoms with Crippen LogP contribution in [0.1, 0.15) is 37.2 Å². The summed E-state index contributed by atoms with van der Waals surface area (Å²) in [6.45, 7) is 1.42. The molecule has 0 radical (unpaired) electrons. The van der Waals surface area contributed by atoms with Gasteiger partial charge in [0.2, 0.25) is 17.7 Å². The number of carbonyl (C=O) groups excluding carboxylic acids is 3. The second-order valence-corrected chi connectivity index (χ2v) is 8.76. The van der Waals surface area contributed by atoms with E-state index in [4.69, 9.17) is 0 Å². The van der Waals surface area contributed by atoms with Gasteiger partial charge in [-0.15, -0.1) is 0 Å². The van der Waals surface area contributed by atoms with E-state index >= 15 is 0 Å². The summed E-state index contributed by atoms with van der Waals surface area (Å²) in [6, 6.07) is 15.6. The number of nitrogens with zero attached hydrogens (tertiary/aromatic N) is 2. The van der Waals surface area contributed by atoms with Crippen molar-refractivity contribution in [1.82, 2.24) is 20.5 Å². The Morgan fingerprint density at radius 3 is 2.56 bits per heavy atom. The summed E-state index contributed by atoms with van der Waals surface area (Å²) in [5, 5.41) is 6.67. The van der Waals surface area contributed by atoms with E-state index in [-0.39, 0.29) is 35.9 Å². The number of hydrogen-bond acceptors (Lipinski definition) is 5. The van der Waals surface area contributed by atoms with E-state index in [0.717, 1.165) is 17.9 Å². The first-order chi connectivity index (χ1) is 15.6. The first-order valence-corrected chi connectivity index (χ1v) is 12.0. The highest BCUT2D eigenvalue weighted by atomic mass is 32.2. The maximum Gasteiger partial charge on any atom is 0.239 e. The molecule has 1 unspecified atom stereocenters. The zero-order valence-electron chi connectivity index (χ0n) is 18.2. The van der Waals surface area contributed by atoms with Crippen LogP contribution in [0.25, 0.3) is 0 Å². The van der Waals surface area contributed by atoms with Crippen LogP contribution in [0.2, 0.25) is 0 Å². The Morgan fingerprint density at radius 1 is 1.00 bits per heavy atom. The second kappa shape index (κ2) is 12.9. The highest BCUT2D eigenvalue weighted by Gasteiger charge is 2.19. The molecule has 1 aromatic heterocycles. The first-order valence-electron chi connectivity index (χ1n) is 11.0. The van der Waals surface area contributed by atoms with Crippen LogP contribution in [-0.4, -0.2) is 59.5 Å². The third-order valence-electron chi connectivity index (χ3n) is 5.40. The monoisotopic (exact) mass is 454 g/mol. The third-order valence-corrected chi connectivity index (χ3v) is 6.33. The zero-order valence-corrected chi connectivity index (χ0v) is 19.0. The molecule has 3 amide bonds. The largest absolute Gasteiger partial charge is 0.356 e. The van der Waals surface area contributed by atoms with Crippen LogP contribution in [0.5, 0.6) is 0 Å². The topological polar surface area (TPSA) is 91.4 Å². The summed E-state index contributed by atoms with van der Waals surface area (Å²) in [6.07, 6.45) is 4.21. The number of carbonyl (C=O) groups is 3. The molecular formula is C24H30N4O3S. The van der Waals surface area contributed by atoms with E-state index in [0.29, 0.717) is 32.5 Å². The van der Waals surface area contributed by atoms with Gasteiger partial charge in [0.25, 0.3) is 0 Å². The molecule has 1 saturated heterocycles. The zero-order chi connectivity index (χ0) is 22.6. The van der Waals surface area contributed by atoms with E-state index in [9.17, 15) is 14.4 Å². The molecule has 0 saturated carbocycles. The number of amides is 3. The van der Waals surface area contributed by atoms with E-state index in [1.807, 2.05) is 36.4 Å². The Bertz CT molecular complexity index is 879. The minimum absolute atomic E-state index is 0.0194. The fourth-order valence-corrected chi connectivity index (χ4v) is 4.42. The van der Waals surface area contributed by atoms with Gasteiger partial charge in [0.05, 0.1) is 17.3 Å². The summed E-state index contributed by atoms with van der Waals surface area (Å²) in [5.74, 6) is 0.158. The molecule has 3 rings (SSSR count). The Kier molecular flexibility index (Phi) is 9.56. The first kappa shape index (κ1) is 23.8. The van der Waals surface area contributed by atoms with Gasteiger partial charge in [-0.1, -0.05) is 48.2 Å². The number of pyridine rings is 1. The molecule has 2 heterocycles. The molecule has 8 heteroatoms. The fraction of sp³-hybridized carbons (Fsp3) is 0.417. The van der Waals surface area contributed by atoms with Gasteiger partial charge < -0.3 is 15.5 Å². The molecule has 1 atom stereocenters. The van der Waals surface area contributed by atoms with Crippen molar-refractivity contribution in [1.29, 1.82) is 0 Å². The van der Waals surface area contributed by atoms with Gasteiger partial charge >= 0.3 is 0 Å². The fourth-order valence-electron chi connectivity index (χ4n) is 3.66. The van der Waals surface area contributed by atoms with Gasteiger partial charge in [0.15, 0.2) is 0 Å². The van der Waals surface area contributed by atoms with Crippen molar-refractivity contribution < 1.29 is 14.4 Å². The molecule has 170 valence electrons. The Labute approximate surface area is 193 Å². The molecule has 1 aliphatic heterocycles. The number of thioether (sulfide) groups is 1. The molecule has 2 aromatic rings. The minimum Gasteiger partial charge on any atom is -0.356 e. The SMILES string of the molecule is O=C1CCC(c2ccccc2)CCNC(=O)CN(C(=O)CSc2ccccn2)CCCN1. The van der Waals surface area contributed by atoms with Crippen LogP contribution in [0.4, 0.5) is 0 Å². The van der Waals surface area contributed by atoms with Crippen molar-refractivity contribution >= 4 is 29.5 Å². The minimum atomic E-state index is -0.158. The highest BCUT2D eigenvalue weighted by molar-refractivity contribution is 7.99. The van der Waals surface area contributed by atoms with Gasteiger partial charge in [-0.3, -0.25) is 14.4 Å². The molecule has 0 spiro atoms. The summed E-state index contributed by atoms with van der Waals surface area (Å²) in [5.41, 5.74) is 1.17. The van der Waals surface area contributed by atoms with Crippen molar-refractivity contribution in [3.8, 4) is 0 Å². The van der Waals surface area contributed by atoms with E-state index in [1.54, 1.807) is 11.1 Å². The molecule has 1 aliphatic rings. The number of hydrogen-bond donors (Lipinski definition) is 2. The maximum atomic E-state index is 12.8. The molecule has 0 bridgehead atoms. The lowest BCUT2D eigenvalue weighted by Crippen LogP contribution is -2.43. The average molecular weight is 455 g/mol. The van der Waals surface area contributed by atoms with Crippen LogP contribution in [0.15, 0.2) is 59.8 Å². The van der Waals surface area contributed by atoms with Crippen LogP contribution < -0.4 is 10.6 Å². The molecule has 32 heavy (non-hydrogen) atoms. The quantitative estimate of drug-likeness (QED) is 0.693. The van der Waals surface area contributed by atoms with Crippen LogP contribution in [0.3, 0.4) is 0 Å². The predicted octanol–water partition coefficient (Wildman–Crippen LogP) is 2.59. The standard InChI is InChI=1S/C24H30N4O3S/c29-21-11-10-20(19-7-2-1-3-8-19)12-15-26-22(30)17-28(16-6-14-25-21)24(31)18-32-23-9-4-5-13-27-23/h1-5,7-9,13,20H,6,10-12,14-18H2,(H,25,29)(H,26,30). The molecule has 1 fully saturated rings. The van der Waals surface area contributed by atoms with Gasteiger partial charge in [-0.2, -0.15) is 0 Å². The van der Waals surface area contributed by atoms with Crippen LogP contribution in [0, 0.1) is 0 Å². The molecular weight excluding hydrogens is 424 g/mol. The van der Waals surface area contributed by atoms with Crippen molar-refractivity contribution in [2.24, 2.45) is 0 Å². The van der Waals surface area contributed by atoms with Gasteiger partial charge in [0, 0.05) is 32.3 Å². The lowest BCUT2D eigenvalue weighted by Gasteiger charge is -2.23. The normalized spacial score (nSPS) is 18.9. The summed E-state index contributed by atoms with van der Waals surface area (Å²) in [4.78, 5) is 43.4. The lowest BCUT2D eigenvalue weighted by molar-refractivity contribution is -0.134. The second-order valence-electron chi connectivity index (χ2n) is 7.76. The Morgan fingerprint density at radius 2 is 1.78 bits per heavy atom. The van der Waals surface area contributed by atoms with Crippen molar-refractivity contribution in [2.75, 3.05) is 31.9 Å². The van der Waals surface area contributed by atoms with Crippen LogP contribution in [-0.2, 0) is 14.4 Å². The highest BCUT2D eigenvalue weighted by Crippen LogP contribution is 2.24. The average Bonchev–Trinajstić information content (AvgIpc) is 2.82. The number of aromatic nitrogens is 1. The summed E-state index contributed by atoms with van der Waals surface area (Å²) in [7, 11) is 0. The lowest BCUT2D eigenvalue weighted by atomic mass is 9.91. The predicted molar refractivity (Wildman–Crippen MR) is 125 cm³/mol. The molecule has 2 N–H and O–H groups in total. The van der Waals surface area contributed by atoms with Crippen molar-refractivity contribution in [3.05, 3.63) is 60.3 Å². The van der Waals surface area contributed by atoms with Gasteiger partial charge in [-0.25, -0.2) is 4.98 Å². The van der Waals surface area contributed by atoms with Crippen LogP contribution >= 0.6 is 11.8 Å². The number of benzene rings is 1. The van der Waals surface area contributed by atoms with Gasteiger partial charge in [-0.05, 0) is 42.9 Å². The molecule has 7 nitrogen and oxygen atoms in total. The summed E-state index contributed by atoms with van der Waals surface area (Å²) >= 11 is 1.35. The number of nitrogens with one attached hydrogen (secondary N) is 2. The smallest absolute Gasteiger partial charge is 0.239 e. The van der Waals surface area contributed by atoms with Crippen molar-refractivity contribution in [3.63, 3.8) is 0 Å².